The smallest absolute Gasteiger partial charge is 0.322 e. The SMILES string of the molecule is COc1cccc([C@@H]2CCN2C(=O)Nc2c(C)nn(C(C)C)c2C)c1. The Morgan fingerprint density at radius 1 is 1.36 bits per heavy atom. The molecular weight excluding hydrogens is 316 g/mol. The highest BCUT2D eigenvalue weighted by Crippen LogP contribution is 2.35. The van der Waals surface area contributed by atoms with Crippen molar-refractivity contribution in [3.63, 3.8) is 0 Å². The lowest BCUT2D eigenvalue weighted by molar-refractivity contribution is 0.126. The van der Waals surface area contributed by atoms with Crippen molar-refractivity contribution < 1.29 is 9.53 Å². The standard InChI is InChI=1S/C19H26N4O2/c1-12(2)23-14(4)18(13(3)21-23)20-19(24)22-10-9-17(22)15-7-6-8-16(11-15)25-5/h6-8,11-12,17H,9-10H2,1-5H3,(H,20,24)/t17-/m0/s1. The van der Waals surface area contributed by atoms with Gasteiger partial charge >= 0.3 is 6.03 Å². The van der Waals surface area contributed by atoms with Crippen molar-refractivity contribution in [2.75, 3.05) is 19.0 Å². The van der Waals surface area contributed by atoms with Gasteiger partial charge in [-0.3, -0.25) is 4.68 Å². The number of anilines is 1. The summed E-state index contributed by atoms with van der Waals surface area (Å²) in [6.07, 6.45) is 0.962. The summed E-state index contributed by atoms with van der Waals surface area (Å²) in [7, 11) is 1.66. The third-order valence-corrected chi connectivity index (χ3v) is 4.81. The van der Waals surface area contributed by atoms with Crippen LogP contribution in [0.25, 0.3) is 0 Å². The molecule has 0 saturated carbocycles. The Labute approximate surface area is 148 Å². The average Bonchev–Trinajstić information content (AvgIpc) is 2.82. The second-order valence-corrected chi connectivity index (χ2v) is 6.79. The summed E-state index contributed by atoms with van der Waals surface area (Å²) >= 11 is 0. The summed E-state index contributed by atoms with van der Waals surface area (Å²) in [5, 5.41) is 7.59. The van der Waals surface area contributed by atoms with Gasteiger partial charge in [-0.1, -0.05) is 12.1 Å². The Morgan fingerprint density at radius 3 is 2.68 bits per heavy atom. The number of nitrogens with one attached hydrogen (secondary N) is 1. The van der Waals surface area contributed by atoms with Gasteiger partial charge in [0.05, 0.1) is 30.2 Å². The van der Waals surface area contributed by atoms with E-state index in [0.29, 0.717) is 0 Å². The van der Waals surface area contributed by atoms with Crippen molar-refractivity contribution in [1.29, 1.82) is 0 Å². The van der Waals surface area contributed by atoms with Crippen LogP contribution < -0.4 is 10.1 Å². The van der Waals surface area contributed by atoms with Gasteiger partial charge in [0.1, 0.15) is 5.75 Å². The molecule has 0 radical (unpaired) electrons. The van der Waals surface area contributed by atoms with Gasteiger partial charge in [-0.2, -0.15) is 5.10 Å². The van der Waals surface area contributed by atoms with E-state index in [2.05, 4.69) is 24.3 Å². The van der Waals surface area contributed by atoms with Gasteiger partial charge in [-0.05, 0) is 51.8 Å². The molecule has 1 N–H and O–H groups in total. The third-order valence-electron chi connectivity index (χ3n) is 4.81. The van der Waals surface area contributed by atoms with Gasteiger partial charge in [0.25, 0.3) is 0 Å². The molecule has 1 saturated heterocycles. The molecule has 0 unspecified atom stereocenters. The van der Waals surface area contributed by atoms with Crippen LogP contribution in [0.3, 0.4) is 0 Å². The Balaban J connectivity index is 1.76. The maximum absolute atomic E-state index is 12.8. The molecule has 1 fully saturated rings. The molecule has 1 aliphatic rings. The van der Waals surface area contributed by atoms with Crippen molar-refractivity contribution in [3.8, 4) is 5.75 Å². The van der Waals surface area contributed by atoms with E-state index in [4.69, 9.17) is 4.74 Å². The van der Waals surface area contributed by atoms with Crippen molar-refractivity contribution >= 4 is 11.7 Å². The number of amides is 2. The topological polar surface area (TPSA) is 59.4 Å². The fourth-order valence-corrected chi connectivity index (χ4v) is 3.35. The van der Waals surface area contributed by atoms with Crippen LogP contribution in [-0.2, 0) is 0 Å². The maximum atomic E-state index is 12.8. The number of ether oxygens (including phenoxy) is 1. The first-order valence-electron chi connectivity index (χ1n) is 8.69. The number of rotatable bonds is 4. The largest absolute Gasteiger partial charge is 0.497 e. The molecule has 0 bridgehead atoms. The first-order valence-corrected chi connectivity index (χ1v) is 8.69. The van der Waals surface area contributed by atoms with Crippen molar-refractivity contribution in [1.82, 2.24) is 14.7 Å². The Bertz CT molecular complexity index is 782. The van der Waals surface area contributed by atoms with Gasteiger partial charge in [0.2, 0.25) is 0 Å². The highest BCUT2D eigenvalue weighted by Gasteiger charge is 2.34. The highest BCUT2D eigenvalue weighted by molar-refractivity contribution is 5.91. The zero-order valence-corrected chi connectivity index (χ0v) is 15.5. The number of aryl methyl sites for hydroxylation is 1. The number of methoxy groups -OCH3 is 1. The summed E-state index contributed by atoms with van der Waals surface area (Å²) in [5.41, 5.74) is 3.75. The molecule has 0 aliphatic carbocycles. The lowest BCUT2D eigenvalue weighted by Crippen LogP contribution is -2.47. The van der Waals surface area contributed by atoms with E-state index in [9.17, 15) is 4.79 Å². The molecule has 2 heterocycles. The summed E-state index contributed by atoms with van der Waals surface area (Å²) in [4.78, 5) is 14.6. The average molecular weight is 342 g/mol. The predicted molar refractivity (Wildman–Crippen MR) is 98.2 cm³/mol. The molecule has 1 aromatic carbocycles. The number of nitrogens with zero attached hydrogens (tertiary/aromatic N) is 3. The molecule has 2 amide bonds. The molecule has 0 spiro atoms. The van der Waals surface area contributed by atoms with Crippen molar-refractivity contribution in [3.05, 3.63) is 41.2 Å². The van der Waals surface area contributed by atoms with Gasteiger partial charge in [-0.15, -0.1) is 0 Å². The zero-order chi connectivity index (χ0) is 18.1. The minimum Gasteiger partial charge on any atom is -0.497 e. The third kappa shape index (κ3) is 3.21. The predicted octanol–water partition coefficient (Wildman–Crippen LogP) is 4.07. The number of urea groups is 1. The van der Waals surface area contributed by atoms with Crippen molar-refractivity contribution in [2.24, 2.45) is 0 Å². The normalized spacial score (nSPS) is 16.7. The molecule has 6 heteroatoms. The fraction of sp³-hybridized carbons (Fsp3) is 0.474. The number of carbonyl (C=O) groups excluding carboxylic acids is 1. The van der Waals surface area contributed by atoms with Gasteiger partial charge in [-0.25, -0.2) is 4.79 Å². The summed E-state index contributed by atoms with van der Waals surface area (Å²) in [6.45, 7) is 8.84. The molecule has 2 aromatic rings. The number of hydrogen-bond donors (Lipinski definition) is 1. The van der Waals surface area contributed by atoms with Crippen LogP contribution in [0, 0.1) is 13.8 Å². The van der Waals surface area contributed by atoms with Gasteiger partial charge < -0.3 is 15.0 Å². The molecule has 1 atom stereocenters. The van der Waals surface area contributed by atoms with E-state index in [1.54, 1.807) is 7.11 Å². The van der Waals surface area contributed by atoms with Crippen LogP contribution in [0.4, 0.5) is 10.5 Å². The van der Waals surface area contributed by atoms with E-state index in [0.717, 1.165) is 41.4 Å². The van der Waals surface area contributed by atoms with Crippen LogP contribution in [0.5, 0.6) is 5.75 Å². The Hall–Kier alpha value is -2.50. The Kier molecular flexibility index (Phi) is 4.70. The van der Waals surface area contributed by atoms with Gasteiger partial charge in [0.15, 0.2) is 0 Å². The van der Waals surface area contributed by atoms with E-state index < -0.39 is 0 Å². The molecule has 1 aliphatic heterocycles. The second kappa shape index (κ2) is 6.78. The minimum atomic E-state index is -0.0754. The molecule has 3 rings (SSSR count). The second-order valence-electron chi connectivity index (χ2n) is 6.79. The number of hydrogen-bond acceptors (Lipinski definition) is 3. The van der Waals surface area contributed by atoms with Crippen LogP contribution in [-0.4, -0.2) is 34.4 Å². The minimum absolute atomic E-state index is 0.0754. The number of carbonyl (C=O) groups is 1. The summed E-state index contributed by atoms with van der Waals surface area (Å²) in [5.74, 6) is 0.814. The fourth-order valence-electron chi connectivity index (χ4n) is 3.35. The van der Waals surface area contributed by atoms with Crippen LogP contribution in [0.15, 0.2) is 24.3 Å². The maximum Gasteiger partial charge on any atom is 0.322 e. The van der Waals surface area contributed by atoms with E-state index in [-0.39, 0.29) is 18.1 Å². The molecule has 134 valence electrons. The lowest BCUT2D eigenvalue weighted by atomic mass is 9.95. The monoisotopic (exact) mass is 342 g/mol. The first-order chi connectivity index (χ1) is 11.9. The van der Waals surface area contributed by atoms with Crippen LogP contribution in [0.2, 0.25) is 0 Å². The van der Waals surface area contributed by atoms with E-state index in [1.165, 1.54) is 0 Å². The summed E-state index contributed by atoms with van der Waals surface area (Å²) in [6, 6.07) is 8.20. The Morgan fingerprint density at radius 2 is 2.12 bits per heavy atom. The molecule has 1 aromatic heterocycles. The molecule has 25 heavy (non-hydrogen) atoms. The number of likely N-dealkylation sites (tertiary alicyclic amines) is 1. The molecular formula is C19H26N4O2. The van der Waals surface area contributed by atoms with E-state index in [1.807, 2.05) is 47.7 Å². The van der Waals surface area contributed by atoms with Crippen LogP contribution >= 0.6 is 0 Å². The zero-order valence-electron chi connectivity index (χ0n) is 15.5. The lowest BCUT2D eigenvalue weighted by Gasteiger charge is -2.41. The highest BCUT2D eigenvalue weighted by atomic mass is 16.5. The van der Waals surface area contributed by atoms with E-state index >= 15 is 0 Å². The van der Waals surface area contributed by atoms with Gasteiger partial charge in [0, 0.05) is 12.6 Å². The number of aromatic nitrogens is 2. The summed E-state index contributed by atoms with van der Waals surface area (Å²) < 4.78 is 7.24. The first kappa shape index (κ1) is 17.3. The number of benzene rings is 1. The van der Waals surface area contributed by atoms with Crippen LogP contribution in [0.1, 0.15) is 49.3 Å². The quantitative estimate of drug-likeness (QED) is 0.911. The van der Waals surface area contributed by atoms with Crippen molar-refractivity contribution in [2.45, 2.75) is 46.2 Å². The molecule has 6 nitrogen and oxygen atoms in total.